The van der Waals surface area contributed by atoms with Gasteiger partial charge in [0.05, 0.1) is 29.6 Å². The van der Waals surface area contributed by atoms with Crippen molar-refractivity contribution in [3.05, 3.63) is 79.0 Å². The topological polar surface area (TPSA) is 120 Å². The molecule has 0 saturated carbocycles. The van der Waals surface area contributed by atoms with Gasteiger partial charge in [-0.1, -0.05) is 18.2 Å². The summed E-state index contributed by atoms with van der Waals surface area (Å²) < 4.78 is 33.6. The molecule has 8 nitrogen and oxygen atoms in total. The zero-order chi connectivity index (χ0) is 24.0. The highest BCUT2D eigenvalue weighted by Gasteiger charge is 2.38. The number of H-pyrrole nitrogens is 1. The number of fused-ring (bicyclic) bond motifs is 1. The van der Waals surface area contributed by atoms with Crippen LogP contribution in [0.2, 0.25) is 0 Å². The number of allylic oxidation sites excluding steroid dienone is 1. The molecule has 0 fully saturated rings. The number of carboxylic acids is 1. The summed E-state index contributed by atoms with van der Waals surface area (Å²) in [6, 6.07) is 11.7. The lowest BCUT2D eigenvalue weighted by Crippen LogP contribution is -2.21. The maximum absolute atomic E-state index is 10.6. The number of hydrogen-bond acceptors (Lipinski definition) is 5. The summed E-state index contributed by atoms with van der Waals surface area (Å²) in [5.41, 5.74) is 4.21. The third-order valence-corrected chi connectivity index (χ3v) is 4.58. The van der Waals surface area contributed by atoms with E-state index in [9.17, 15) is 13.2 Å². The van der Waals surface area contributed by atoms with Gasteiger partial charge >= 0.3 is 12.1 Å². The number of aromatic nitrogens is 5. The number of nitrogens with zero attached hydrogens (tertiary/aromatic N) is 5. The number of aromatic amines is 1. The van der Waals surface area contributed by atoms with Crippen LogP contribution in [0.3, 0.4) is 0 Å². The van der Waals surface area contributed by atoms with E-state index in [0.717, 1.165) is 27.9 Å². The molecule has 33 heavy (non-hydrogen) atoms. The predicted octanol–water partition coefficient (Wildman–Crippen LogP) is 4.49. The number of benzene rings is 1. The van der Waals surface area contributed by atoms with E-state index in [1.165, 1.54) is 0 Å². The summed E-state index contributed by atoms with van der Waals surface area (Å²) in [5.74, 6) is -2.76. The Morgan fingerprint density at radius 2 is 2.09 bits per heavy atom. The van der Waals surface area contributed by atoms with E-state index < -0.39 is 12.1 Å². The molecule has 0 aliphatic carbocycles. The number of alkyl halides is 3. The minimum absolute atomic E-state index is 0.0295. The van der Waals surface area contributed by atoms with Gasteiger partial charge in [0.15, 0.2) is 0 Å². The van der Waals surface area contributed by atoms with Crippen molar-refractivity contribution in [3.8, 4) is 17.3 Å². The third-order valence-electron chi connectivity index (χ3n) is 4.58. The van der Waals surface area contributed by atoms with Crippen molar-refractivity contribution < 1.29 is 23.1 Å². The molecule has 3 aromatic heterocycles. The predicted molar refractivity (Wildman–Crippen MR) is 113 cm³/mol. The summed E-state index contributed by atoms with van der Waals surface area (Å²) in [5, 5.41) is 21.8. The Hall–Kier alpha value is -4.46. The number of hydrogen-bond donors (Lipinski definition) is 2. The average molecular weight is 454 g/mol. The summed E-state index contributed by atoms with van der Waals surface area (Å²) >= 11 is 0. The van der Waals surface area contributed by atoms with E-state index in [2.05, 4.69) is 32.7 Å². The van der Waals surface area contributed by atoms with Crippen LogP contribution in [-0.4, -0.2) is 42.0 Å². The molecule has 11 heteroatoms. The van der Waals surface area contributed by atoms with Crippen LogP contribution in [0.5, 0.6) is 0 Å². The maximum Gasteiger partial charge on any atom is 0.490 e. The van der Waals surface area contributed by atoms with Gasteiger partial charge in [0.25, 0.3) is 0 Å². The first kappa shape index (κ1) is 23.2. The molecule has 1 unspecified atom stereocenters. The Kier molecular flexibility index (Phi) is 6.88. The molecule has 2 N–H and O–H groups in total. The van der Waals surface area contributed by atoms with Gasteiger partial charge in [0.2, 0.25) is 0 Å². The maximum atomic E-state index is 10.6. The first-order valence-electron chi connectivity index (χ1n) is 9.48. The second kappa shape index (κ2) is 9.78. The number of rotatable bonds is 5. The molecule has 1 aromatic carbocycles. The Morgan fingerprint density at radius 3 is 2.76 bits per heavy atom. The van der Waals surface area contributed by atoms with Crippen molar-refractivity contribution in [3.63, 3.8) is 0 Å². The highest BCUT2D eigenvalue weighted by molar-refractivity contribution is 5.90. The van der Waals surface area contributed by atoms with E-state index in [1.807, 2.05) is 47.4 Å². The van der Waals surface area contributed by atoms with E-state index >= 15 is 0 Å². The lowest BCUT2D eigenvalue weighted by Gasteiger charge is -2.16. The number of nitrogens with one attached hydrogen (secondary N) is 1. The Morgan fingerprint density at radius 1 is 1.33 bits per heavy atom. The normalized spacial score (nSPS) is 11.8. The quantitative estimate of drug-likeness (QED) is 0.429. The number of halogens is 3. The van der Waals surface area contributed by atoms with E-state index in [-0.39, 0.29) is 6.04 Å². The van der Waals surface area contributed by atoms with Crippen molar-refractivity contribution in [2.24, 2.45) is 0 Å². The number of aliphatic carboxylic acids is 1. The molecule has 0 saturated heterocycles. The van der Waals surface area contributed by atoms with Gasteiger partial charge in [0.1, 0.15) is 12.0 Å². The van der Waals surface area contributed by atoms with Crippen LogP contribution < -0.4 is 0 Å². The van der Waals surface area contributed by atoms with Crippen LogP contribution in [0.4, 0.5) is 13.2 Å². The first-order chi connectivity index (χ1) is 15.7. The number of nitriles is 1. The SMILES string of the molecule is C=CCC(c1cccc(C#N)c1)n1cc(-c2ncnc3[nH]ccc23)cn1.O=C(O)C(F)(F)F. The van der Waals surface area contributed by atoms with Gasteiger partial charge in [-0.2, -0.15) is 23.5 Å². The summed E-state index contributed by atoms with van der Waals surface area (Å²) in [6.45, 7) is 3.86. The van der Waals surface area contributed by atoms with Crippen LogP contribution in [0.1, 0.15) is 23.6 Å². The van der Waals surface area contributed by atoms with Gasteiger partial charge in [-0.3, -0.25) is 4.68 Å². The van der Waals surface area contributed by atoms with E-state index in [1.54, 1.807) is 18.6 Å². The zero-order valence-electron chi connectivity index (χ0n) is 17.0. The van der Waals surface area contributed by atoms with Crippen molar-refractivity contribution in [2.45, 2.75) is 18.6 Å². The molecule has 4 aromatic rings. The van der Waals surface area contributed by atoms with Gasteiger partial charge in [-0.25, -0.2) is 14.8 Å². The third kappa shape index (κ3) is 5.43. The summed E-state index contributed by atoms with van der Waals surface area (Å²) in [7, 11) is 0. The Bertz CT molecular complexity index is 1320. The van der Waals surface area contributed by atoms with E-state index in [0.29, 0.717) is 12.0 Å². The molecule has 0 spiro atoms. The highest BCUT2D eigenvalue weighted by Crippen LogP contribution is 2.28. The zero-order valence-corrected chi connectivity index (χ0v) is 17.0. The first-order valence-corrected chi connectivity index (χ1v) is 9.48. The Balaban J connectivity index is 0.000000383. The molecular weight excluding hydrogens is 437 g/mol. The molecule has 0 amide bonds. The molecule has 0 aliphatic heterocycles. The van der Waals surface area contributed by atoms with Crippen LogP contribution in [0, 0.1) is 11.3 Å². The molecule has 1 atom stereocenters. The lowest BCUT2D eigenvalue weighted by atomic mass is 10.0. The number of carboxylic acid groups (broad SMARTS) is 1. The van der Waals surface area contributed by atoms with Crippen LogP contribution in [0.25, 0.3) is 22.3 Å². The van der Waals surface area contributed by atoms with E-state index in [4.69, 9.17) is 15.2 Å². The second-order valence-corrected chi connectivity index (χ2v) is 6.75. The van der Waals surface area contributed by atoms with Gasteiger partial charge in [-0.15, -0.1) is 6.58 Å². The van der Waals surface area contributed by atoms with Crippen LogP contribution in [-0.2, 0) is 4.79 Å². The van der Waals surface area contributed by atoms with Crippen molar-refractivity contribution in [1.29, 1.82) is 5.26 Å². The number of carbonyl (C=O) groups is 1. The lowest BCUT2D eigenvalue weighted by molar-refractivity contribution is -0.192. The largest absolute Gasteiger partial charge is 0.490 e. The second-order valence-electron chi connectivity index (χ2n) is 6.75. The van der Waals surface area contributed by atoms with Crippen molar-refractivity contribution in [1.82, 2.24) is 24.7 Å². The van der Waals surface area contributed by atoms with Gasteiger partial charge in [-0.05, 0) is 30.2 Å². The molecule has 168 valence electrons. The highest BCUT2D eigenvalue weighted by atomic mass is 19.4. The monoisotopic (exact) mass is 454 g/mol. The van der Waals surface area contributed by atoms with Gasteiger partial charge in [0, 0.05) is 23.3 Å². The average Bonchev–Trinajstić information content (AvgIpc) is 3.47. The fourth-order valence-corrected chi connectivity index (χ4v) is 3.10. The summed E-state index contributed by atoms with van der Waals surface area (Å²) in [6.07, 6.45) is 4.66. The minimum atomic E-state index is -5.08. The molecule has 0 bridgehead atoms. The molecular formula is C22H17F3N6O2. The molecule has 0 radical (unpaired) electrons. The van der Waals surface area contributed by atoms with Crippen molar-refractivity contribution in [2.75, 3.05) is 0 Å². The van der Waals surface area contributed by atoms with Crippen LogP contribution in [0.15, 0.2) is 67.9 Å². The minimum Gasteiger partial charge on any atom is -0.475 e. The van der Waals surface area contributed by atoms with Gasteiger partial charge < -0.3 is 10.1 Å². The van der Waals surface area contributed by atoms with Crippen LogP contribution >= 0.6 is 0 Å². The van der Waals surface area contributed by atoms with Crippen molar-refractivity contribution >= 4 is 17.0 Å². The Labute approximate surface area is 185 Å². The molecule has 4 rings (SSSR count). The smallest absolute Gasteiger partial charge is 0.475 e. The molecule has 0 aliphatic rings. The summed E-state index contributed by atoms with van der Waals surface area (Å²) in [4.78, 5) is 20.6. The standard InChI is InChI=1S/C20H16N6.C2HF3O2/c1-2-4-18(15-6-3-5-14(9-15)10-21)26-12-16(11-25-26)19-17-7-8-22-20(17)24-13-23-19;3-2(4,5)1(6)7/h2-3,5-9,11-13,18H,1,4H2,(H,22,23,24);(H,6,7). The molecule has 3 heterocycles. The fraction of sp³-hybridized carbons (Fsp3) is 0.136. The fourth-order valence-electron chi connectivity index (χ4n) is 3.10.